The van der Waals surface area contributed by atoms with E-state index in [1.165, 1.54) is 17.9 Å². The van der Waals surface area contributed by atoms with Gasteiger partial charge in [-0.1, -0.05) is 0 Å². The van der Waals surface area contributed by atoms with Crippen LogP contribution in [0.3, 0.4) is 0 Å². The Morgan fingerprint density at radius 2 is 2.11 bits per heavy atom. The van der Waals surface area contributed by atoms with Crippen molar-refractivity contribution in [3.8, 4) is 11.6 Å². The molecular formula is C19H21N5O3. The number of carbonyl (C=O) groups excluding carboxylic acids is 1. The smallest absolute Gasteiger partial charge is 0.268 e. The number of hydrogen-bond donors (Lipinski definition) is 1. The van der Waals surface area contributed by atoms with E-state index in [9.17, 15) is 9.59 Å². The number of carbonyl (C=O) groups is 1. The number of amides is 1. The summed E-state index contributed by atoms with van der Waals surface area (Å²) in [4.78, 5) is 33.5. The Balaban J connectivity index is 1.74. The maximum atomic E-state index is 12.8. The number of hydrogen-bond acceptors (Lipinski definition) is 5. The molecular weight excluding hydrogens is 346 g/mol. The van der Waals surface area contributed by atoms with Crippen LogP contribution in [0, 0.1) is 6.92 Å². The molecule has 0 aliphatic rings. The number of aryl methyl sites for hydroxylation is 2. The minimum Gasteiger partial charge on any atom is -0.481 e. The molecule has 0 saturated heterocycles. The largest absolute Gasteiger partial charge is 0.481 e. The highest BCUT2D eigenvalue weighted by Gasteiger charge is 2.16. The summed E-state index contributed by atoms with van der Waals surface area (Å²) in [5.74, 6) is 0.0775. The zero-order valence-corrected chi connectivity index (χ0v) is 15.3. The van der Waals surface area contributed by atoms with Gasteiger partial charge in [0.2, 0.25) is 5.88 Å². The Morgan fingerprint density at radius 3 is 2.78 bits per heavy atom. The molecule has 0 bridgehead atoms. The fraction of sp³-hybridized carbons (Fsp3) is 0.263. The van der Waals surface area contributed by atoms with Gasteiger partial charge < -0.3 is 14.6 Å². The van der Waals surface area contributed by atoms with Crippen LogP contribution >= 0.6 is 0 Å². The van der Waals surface area contributed by atoms with E-state index in [4.69, 9.17) is 4.74 Å². The second-order valence-corrected chi connectivity index (χ2v) is 6.02. The quantitative estimate of drug-likeness (QED) is 0.640. The molecule has 0 aliphatic heterocycles. The maximum Gasteiger partial charge on any atom is 0.268 e. The van der Waals surface area contributed by atoms with Crippen molar-refractivity contribution in [2.24, 2.45) is 0 Å². The molecule has 0 saturated carbocycles. The molecule has 0 unspecified atom stereocenters. The van der Waals surface area contributed by atoms with Gasteiger partial charge in [0.05, 0.1) is 25.3 Å². The van der Waals surface area contributed by atoms with Crippen LogP contribution in [0.5, 0.6) is 5.88 Å². The zero-order chi connectivity index (χ0) is 19.2. The molecule has 3 aromatic heterocycles. The van der Waals surface area contributed by atoms with Gasteiger partial charge in [-0.2, -0.15) is 0 Å². The van der Waals surface area contributed by atoms with Crippen molar-refractivity contribution in [2.45, 2.75) is 19.9 Å². The third-order valence-electron chi connectivity index (χ3n) is 4.17. The van der Waals surface area contributed by atoms with E-state index in [1.807, 2.05) is 10.8 Å². The summed E-state index contributed by atoms with van der Waals surface area (Å²) in [6.07, 6.45) is 9.21. The van der Waals surface area contributed by atoms with Crippen molar-refractivity contribution in [1.29, 1.82) is 0 Å². The van der Waals surface area contributed by atoms with Crippen molar-refractivity contribution >= 4 is 5.91 Å². The van der Waals surface area contributed by atoms with Crippen LogP contribution in [0.15, 0.2) is 54.1 Å². The molecule has 140 valence electrons. The number of pyridine rings is 2. The number of aromatic nitrogens is 4. The van der Waals surface area contributed by atoms with Gasteiger partial charge in [0, 0.05) is 37.7 Å². The first-order chi connectivity index (χ1) is 13.1. The summed E-state index contributed by atoms with van der Waals surface area (Å²) in [7, 11) is 1.52. The number of methoxy groups -OCH3 is 1. The predicted molar refractivity (Wildman–Crippen MR) is 100 cm³/mol. The molecule has 0 aliphatic carbocycles. The van der Waals surface area contributed by atoms with E-state index < -0.39 is 0 Å². The average Bonchev–Trinajstić information content (AvgIpc) is 3.19. The van der Waals surface area contributed by atoms with Crippen LogP contribution in [0.25, 0.3) is 5.69 Å². The summed E-state index contributed by atoms with van der Waals surface area (Å²) in [6, 6.07) is 5.12. The minimum atomic E-state index is -0.380. The molecule has 0 radical (unpaired) electrons. The van der Waals surface area contributed by atoms with E-state index >= 15 is 0 Å². The summed E-state index contributed by atoms with van der Waals surface area (Å²) < 4.78 is 8.37. The standard InChI is InChI=1S/C19H21N5O3/c1-14-6-10-24(15-4-5-16(27-2)22-12-15)19(26)17(14)18(25)21-7-3-9-23-11-8-20-13-23/h4-6,8,10-13H,3,7,9H2,1-2H3,(H,21,25). The first kappa shape index (κ1) is 18.4. The summed E-state index contributed by atoms with van der Waals surface area (Å²) in [5.41, 5.74) is 0.949. The van der Waals surface area contributed by atoms with Crippen LogP contribution in [-0.2, 0) is 6.54 Å². The average molecular weight is 367 g/mol. The van der Waals surface area contributed by atoms with Crippen molar-refractivity contribution in [3.05, 3.63) is 70.8 Å². The van der Waals surface area contributed by atoms with Gasteiger partial charge in [-0.25, -0.2) is 9.97 Å². The second kappa shape index (κ2) is 8.31. The number of ether oxygens (including phenoxy) is 1. The number of nitrogens with one attached hydrogen (secondary N) is 1. The van der Waals surface area contributed by atoms with E-state index in [1.54, 1.807) is 43.8 Å². The zero-order valence-electron chi connectivity index (χ0n) is 15.3. The van der Waals surface area contributed by atoms with Crippen LogP contribution in [0.2, 0.25) is 0 Å². The molecule has 8 heteroatoms. The predicted octanol–water partition coefficient (Wildman–Crippen LogP) is 1.57. The Bertz CT molecular complexity index is 962. The van der Waals surface area contributed by atoms with Gasteiger partial charge in [0.15, 0.2) is 0 Å². The Kier molecular flexibility index (Phi) is 5.65. The number of imidazole rings is 1. The lowest BCUT2D eigenvalue weighted by molar-refractivity contribution is 0.0950. The molecule has 8 nitrogen and oxygen atoms in total. The topological polar surface area (TPSA) is 91.0 Å². The molecule has 3 rings (SSSR count). The third-order valence-corrected chi connectivity index (χ3v) is 4.17. The minimum absolute atomic E-state index is 0.135. The number of rotatable bonds is 7. The van der Waals surface area contributed by atoms with Gasteiger partial charge >= 0.3 is 0 Å². The lowest BCUT2D eigenvalue weighted by Crippen LogP contribution is -2.34. The highest BCUT2D eigenvalue weighted by atomic mass is 16.5. The SMILES string of the molecule is COc1ccc(-n2ccc(C)c(C(=O)NCCCn3ccnc3)c2=O)cn1. The van der Waals surface area contributed by atoms with Gasteiger partial charge in [-0.15, -0.1) is 0 Å². The van der Waals surface area contributed by atoms with Crippen molar-refractivity contribution in [2.75, 3.05) is 13.7 Å². The fourth-order valence-electron chi connectivity index (χ4n) is 2.71. The second-order valence-electron chi connectivity index (χ2n) is 6.02. The highest BCUT2D eigenvalue weighted by molar-refractivity contribution is 5.95. The van der Waals surface area contributed by atoms with E-state index in [0.29, 0.717) is 23.7 Å². The lowest BCUT2D eigenvalue weighted by Gasteiger charge is -2.11. The van der Waals surface area contributed by atoms with Crippen LogP contribution in [-0.4, -0.2) is 38.7 Å². The molecule has 3 aromatic rings. The van der Waals surface area contributed by atoms with Gasteiger partial charge in [-0.05, 0) is 31.0 Å². The third kappa shape index (κ3) is 4.22. The Labute approximate surface area is 156 Å². The molecule has 1 amide bonds. The monoisotopic (exact) mass is 367 g/mol. The first-order valence-electron chi connectivity index (χ1n) is 8.57. The Hall–Kier alpha value is -3.42. The summed E-state index contributed by atoms with van der Waals surface area (Å²) >= 11 is 0. The van der Waals surface area contributed by atoms with Gasteiger partial charge in [-0.3, -0.25) is 14.2 Å². The van der Waals surface area contributed by atoms with E-state index in [0.717, 1.165) is 13.0 Å². The van der Waals surface area contributed by atoms with E-state index in [2.05, 4.69) is 15.3 Å². The molecule has 27 heavy (non-hydrogen) atoms. The first-order valence-corrected chi connectivity index (χ1v) is 8.57. The summed E-state index contributed by atoms with van der Waals surface area (Å²) in [5, 5.41) is 2.82. The molecule has 0 spiro atoms. The van der Waals surface area contributed by atoms with Crippen LogP contribution < -0.4 is 15.6 Å². The molecule has 3 heterocycles. The van der Waals surface area contributed by atoms with Gasteiger partial charge in [0.25, 0.3) is 11.5 Å². The van der Waals surface area contributed by atoms with Crippen molar-refractivity contribution < 1.29 is 9.53 Å². The van der Waals surface area contributed by atoms with Crippen LogP contribution in [0.1, 0.15) is 22.3 Å². The molecule has 1 N–H and O–H groups in total. The maximum absolute atomic E-state index is 12.8. The van der Waals surface area contributed by atoms with Crippen molar-refractivity contribution in [3.63, 3.8) is 0 Å². The molecule has 0 fully saturated rings. The summed E-state index contributed by atoms with van der Waals surface area (Å²) in [6.45, 7) is 2.96. The highest BCUT2D eigenvalue weighted by Crippen LogP contribution is 2.11. The van der Waals surface area contributed by atoms with E-state index in [-0.39, 0.29) is 17.0 Å². The van der Waals surface area contributed by atoms with Gasteiger partial charge in [0.1, 0.15) is 5.56 Å². The normalized spacial score (nSPS) is 10.6. The van der Waals surface area contributed by atoms with Crippen molar-refractivity contribution in [1.82, 2.24) is 24.4 Å². The molecule has 0 atom stereocenters. The Morgan fingerprint density at radius 1 is 1.26 bits per heavy atom. The number of nitrogens with zero attached hydrogens (tertiary/aromatic N) is 4. The lowest BCUT2D eigenvalue weighted by atomic mass is 10.1. The fourth-order valence-corrected chi connectivity index (χ4v) is 2.71. The van der Waals surface area contributed by atoms with Crippen LogP contribution in [0.4, 0.5) is 0 Å². The molecule has 0 aromatic carbocycles.